The molecule has 4 nitrogen and oxygen atoms in total. The van der Waals surface area contributed by atoms with Crippen molar-refractivity contribution < 1.29 is 36.5 Å². The Balaban J connectivity index is 1.39. The zero-order valence-electron chi connectivity index (χ0n) is 19.0. The quantitative estimate of drug-likeness (QED) is 0.560. The number of benzene rings is 2. The second kappa shape index (κ2) is 9.00. The van der Waals surface area contributed by atoms with Gasteiger partial charge in [0.1, 0.15) is 6.61 Å². The van der Waals surface area contributed by atoms with E-state index in [2.05, 4.69) is 0 Å². The van der Waals surface area contributed by atoms with Crippen LogP contribution in [-0.2, 0) is 6.54 Å². The van der Waals surface area contributed by atoms with E-state index in [1.807, 2.05) is 53.4 Å². The molecule has 0 bridgehead atoms. The smallest absolute Gasteiger partial charge is 0.423 e. The molecule has 0 saturated carbocycles. The molecule has 9 heteroatoms. The van der Waals surface area contributed by atoms with Gasteiger partial charge in [-0.15, -0.1) is 0 Å². The fourth-order valence-corrected chi connectivity index (χ4v) is 5.06. The minimum Gasteiger partial charge on any atom is -0.485 e. The topological polar surface area (TPSA) is 41.9 Å². The average Bonchev–Trinajstić information content (AvgIpc) is 2.77. The molecule has 4 atom stereocenters. The largest absolute Gasteiger partial charge is 0.485 e. The van der Waals surface area contributed by atoms with Crippen LogP contribution in [0.25, 0.3) is 0 Å². The predicted molar refractivity (Wildman–Crippen MR) is 116 cm³/mol. The maximum absolute atomic E-state index is 13.9. The highest BCUT2D eigenvalue weighted by atomic mass is 19.4. The first-order valence-corrected chi connectivity index (χ1v) is 11.3. The number of hydrogen-bond acceptors (Lipinski definition) is 4. The van der Waals surface area contributed by atoms with Crippen LogP contribution in [0.2, 0.25) is 0 Å². The van der Waals surface area contributed by atoms with E-state index in [1.54, 1.807) is 0 Å². The molecule has 1 saturated heterocycles. The Morgan fingerprint density at radius 3 is 2.24 bits per heavy atom. The molecule has 1 N–H and O–H groups in total. The number of fused-ring (bicyclic) bond motifs is 1. The summed E-state index contributed by atoms with van der Waals surface area (Å²) in [6, 6.07) is 15.1. The van der Waals surface area contributed by atoms with Gasteiger partial charge in [-0.3, -0.25) is 4.90 Å². The summed E-state index contributed by atoms with van der Waals surface area (Å²) in [5.41, 5.74) is -2.17. The van der Waals surface area contributed by atoms with Crippen molar-refractivity contribution in [3.8, 4) is 11.5 Å². The van der Waals surface area contributed by atoms with Gasteiger partial charge in [0.25, 0.3) is 5.92 Å². The summed E-state index contributed by atoms with van der Waals surface area (Å²) in [5, 5.41) is 10.2. The molecule has 0 aliphatic carbocycles. The number of rotatable bonds is 5. The van der Waals surface area contributed by atoms with Crippen LogP contribution in [0.3, 0.4) is 0 Å². The molecule has 4 rings (SSSR count). The first-order chi connectivity index (χ1) is 15.9. The van der Waals surface area contributed by atoms with E-state index >= 15 is 0 Å². The highest BCUT2D eigenvalue weighted by molar-refractivity contribution is 5.41. The molecule has 0 amide bonds. The number of ether oxygens (including phenoxy) is 2. The maximum atomic E-state index is 13.9. The van der Waals surface area contributed by atoms with E-state index in [-0.39, 0.29) is 32.5 Å². The van der Waals surface area contributed by atoms with E-state index in [9.17, 15) is 27.1 Å². The van der Waals surface area contributed by atoms with Crippen molar-refractivity contribution in [3.05, 3.63) is 59.7 Å². The van der Waals surface area contributed by atoms with Crippen molar-refractivity contribution in [3.63, 3.8) is 0 Å². The Hall–Kier alpha value is -2.39. The summed E-state index contributed by atoms with van der Waals surface area (Å²) >= 11 is 0. The van der Waals surface area contributed by atoms with Gasteiger partial charge >= 0.3 is 6.18 Å². The number of piperidine rings is 1. The van der Waals surface area contributed by atoms with Gasteiger partial charge in [0.2, 0.25) is 5.60 Å². The van der Waals surface area contributed by atoms with Crippen LogP contribution in [0.5, 0.6) is 11.5 Å². The Morgan fingerprint density at radius 1 is 1.00 bits per heavy atom. The van der Waals surface area contributed by atoms with Crippen LogP contribution in [0.4, 0.5) is 22.0 Å². The summed E-state index contributed by atoms with van der Waals surface area (Å²) in [6.07, 6.45) is -5.85. The lowest BCUT2D eigenvalue weighted by molar-refractivity contribution is -0.353. The normalized spacial score (nSPS) is 25.6. The molecular weight excluding hydrogens is 457 g/mol. The molecule has 2 aliphatic rings. The third-order valence-corrected chi connectivity index (χ3v) is 6.89. The van der Waals surface area contributed by atoms with Crippen LogP contribution in [-0.4, -0.2) is 47.4 Å². The van der Waals surface area contributed by atoms with E-state index in [1.165, 1.54) is 6.92 Å². The summed E-state index contributed by atoms with van der Waals surface area (Å²) in [5.74, 6) is -5.27. The molecule has 1 fully saturated rings. The molecule has 0 radical (unpaired) electrons. The van der Waals surface area contributed by atoms with E-state index < -0.39 is 29.5 Å². The summed E-state index contributed by atoms with van der Waals surface area (Å²) < 4.78 is 80.2. The number of halogens is 5. The van der Waals surface area contributed by atoms with Gasteiger partial charge in [-0.2, -0.15) is 13.2 Å². The Morgan fingerprint density at radius 2 is 1.65 bits per heavy atom. The van der Waals surface area contributed by atoms with Crippen molar-refractivity contribution in [1.29, 1.82) is 0 Å². The molecular formula is C25H28F5NO3. The minimum atomic E-state index is -5.42. The first-order valence-electron chi connectivity index (χ1n) is 11.3. The van der Waals surface area contributed by atoms with Crippen molar-refractivity contribution in [2.45, 2.75) is 50.6 Å². The maximum Gasteiger partial charge on any atom is 0.423 e. The van der Waals surface area contributed by atoms with E-state index in [0.29, 0.717) is 24.7 Å². The van der Waals surface area contributed by atoms with Crippen molar-refractivity contribution in [2.24, 2.45) is 11.8 Å². The molecule has 2 aliphatic heterocycles. The van der Waals surface area contributed by atoms with Crippen LogP contribution >= 0.6 is 0 Å². The summed E-state index contributed by atoms with van der Waals surface area (Å²) in [4.78, 5) is 1.93. The molecule has 186 valence electrons. The molecule has 2 heterocycles. The Kier molecular flexibility index (Phi) is 6.54. The lowest BCUT2D eigenvalue weighted by atomic mass is 9.71. The first kappa shape index (κ1) is 24.7. The van der Waals surface area contributed by atoms with Crippen molar-refractivity contribution >= 4 is 0 Å². The molecule has 2 aromatic rings. The standard InChI is InChI=1S/C25H28F5NO3/c1-16-13-31(12-11-19(16)24(32,23(2,26)27)25(28,29)30)14-17-7-9-18(10-8-17)22-15-33-20-5-3-4-6-21(20)34-22/h3-10,16,19,22,32H,11-15H2,1-2H3/t16?,19?,22-,24?/m1/s1. The monoisotopic (exact) mass is 485 g/mol. The van der Waals surface area contributed by atoms with E-state index in [0.717, 1.165) is 11.1 Å². The second-order valence-corrected chi connectivity index (χ2v) is 9.37. The Bertz CT molecular complexity index is 975. The molecule has 0 aromatic heterocycles. The van der Waals surface area contributed by atoms with Crippen LogP contribution in [0.1, 0.15) is 37.5 Å². The van der Waals surface area contributed by atoms with Crippen LogP contribution in [0.15, 0.2) is 48.5 Å². The van der Waals surface area contributed by atoms with Gasteiger partial charge in [-0.1, -0.05) is 43.3 Å². The molecule has 34 heavy (non-hydrogen) atoms. The fraction of sp³-hybridized carbons (Fsp3) is 0.520. The molecule has 3 unspecified atom stereocenters. The molecule has 2 aromatic carbocycles. The number of para-hydroxylation sites is 2. The zero-order valence-corrected chi connectivity index (χ0v) is 19.0. The van der Waals surface area contributed by atoms with Gasteiger partial charge in [-0.05, 0) is 42.1 Å². The highest BCUT2D eigenvalue weighted by Gasteiger charge is 2.71. The van der Waals surface area contributed by atoms with Gasteiger partial charge in [0.05, 0.1) is 0 Å². The highest BCUT2D eigenvalue weighted by Crippen LogP contribution is 2.51. The van der Waals surface area contributed by atoms with Gasteiger partial charge in [0, 0.05) is 25.9 Å². The summed E-state index contributed by atoms with van der Waals surface area (Å²) in [7, 11) is 0. The van der Waals surface area contributed by atoms with Gasteiger partial charge in [-0.25, -0.2) is 8.78 Å². The molecule has 0 spiro atoms. The predicted octanol–water partition coefficient (Wildman–Crippen LogP) is 5.61. The third-order valence-electron chi connectivity index (χ3n) is 6.89. The SMILES string of the molecule is CC1CN(Cc2ccc([C@H]3COc4ccccc4O3)cc2)CCC1C(O)(C(C)(F)F)C(F)(F)F. The number of likely N-dealkylation sites (tertiary alicyclic amines) is 1. The fourth-order valence-electron chi connectivity index (χ4n) is 5.06. The number of hydrogen-bond donors (Lipinski definition) is 1. The summed E-state index contributed by atoms with van der Waals surface area (Å²) in [6.45, 7) is 2.83. The van der Waals surface area contributed by atoms with Gasteiger partial charge in [0.15, 0.2) is 17.6 Å². The zero-order chi connectivity index (χ0) is 24.7. The van der Waals surface area contributed by atoms with Crippen LogP contribution < -0.4 is 9.47 Å². The second-order valence-electron chi connectivity index (χ2n) is 9.37. The van der Waals surface area contributed by atoms with Crippen LogP contribution in [0, 0.1) is 11.8 Å². The average molecular weight is 485 g/mol. The van der Waals surface area contributed by atoms with E-state index in [4.69, 9.17) is 9.47 Å². The van der Waals surface area contributed by atoms with Crippen molar-refractivity contribution in [2.75, 3.05) is 19.7 Å². The van der Waals surface area contributed by atoms with Gasteiger partial charge < -0.3 is 14.6 Å². The lowest BCUT2D eigenvalue weighted by Crippen LogP contribution is -2.65. The minimum absolute atomic E-state index is 0.140. The lowest BCUT2D eigenvalue weighted by Gasteiger charge is -2.47. The number of nitrogens with zero attached hydrogens (tertiary/aromatic N) is 1. The number of alkyl halides is 5. The number of aliphatic hydroxyl groups is 1. The van der Waals surface area contributed by atoms with Crippen molar-refractivity contribution in [1.82, 2.24) is 4.90 Å². The third kappa shape index (κ3) is 4.60. The Labute approximate surface area is 195 Å².